The second kappa shape index (κ2) is 6.94. The van der Waals surface area contributed by atoms with E-state index in [2.05, 4.69) is 39.7 Å². The van der Waals surface area contributed by atoms with Crippen molar-refractivity contribution >= 4 is 0 Å². The van der Waals surface area contributed by atoms with Crippen molar-refractivity contribution in [1.29, 1.82) is 0 Å². The molecule has 102 valence electrons. The van der Waals surface area contributed by atoms with E-state index in [1.54, 1.807) is 12.4 Å². The Morgan fingerprint density at radius 2 is 2.05 bits per heavy atom. The van der Waals surface area contributed by atoms with Crippen LogP contribution >= 0.6 is 0 Å². The highest BCUT2D eigenvalue weighted by Gasteiger charge is 2.18. The quantitative estimate of drug-likeness (QED) is 0.818. The van der Waals surface area contributed by atoms with Crippen LogP contribution in [0.5, 0.6) is 0 Å². The molecule has 0 aliphatic rings. The molecule has 0 aromatic carbocycles. The van der Waals surface area contributed by atoms with Gasteiger partial charge in [-0.3, -0.25) is 0 Å². The molecular formula is C13H20N6. The monoisotopic (exact) mass is 260 g/mol. The fraction of sp³-hybridized carbons (Fsp3) is 0.538. The maximum atomic E-state index is 4.15. The smallest absolute Gasteiger partial charge is 0.0802 e. The number of aromatic nitrogens is 5. The van der Waals surface area contributed by atoms with Crippen molar-refractivity contribution in [1.82, 2.24) is 30.5 Å². The molecule has 1 atom stereocenters. The van der Waals surface area contributed by atoms with Crippen LogP contribution in [0, 0.1) is 0 Å². The Morgan fingerprint density at radius 3 is 2.74 bits per heavy atom. The van der Waals surface area contributed by atoms with Gasteiger partial charge in [0.05, 0.1) is 24.1 Å². The van der Waals surface area contributed by atoms with Gasteiger partial charge in [-0.1, -0.05) is 19.1 Å². The van der Waals surface area contributed by atoms with E-state index >= 15 is 0 Å². The molecule has 6 nitrogen and oxygen atoms in total. The number of rotatable bonds is 7. The number of nitrogens with one attached hydrogen (secondary N) is 1. The predicted octanol–water partition coefficient (Wildman–Crippen LogP) is 1.57. The minimum absolute atomic E-state index is 0.0667. The number of nitrogens with zero attached hydrogens (tertiary/aromatic N) is 5. The molecule has 19 heavy (non-hydrogen) atoms. The van der Waals surface area contributed by atoms with Gasteiger partial charge >= 0.3 is 0 Å². The van der Waals surface area contributed by atoms with Gasteiger partial charge in [-0.05, 0) is 31.0 Å². The molecule has 0 aliphatic carbocycles. The minimum Gasteiger partial charge on any atom is -0.305 e. The first-order chi connectivity index (χ1) is 9.36. The summed E-state index contributed by atoms with van der Waals surface area (Å²) in [6.45, 7) is 6.09. The van der Waals surface area contributed by atoms with Crippen LogP contribution in [0.15, 0.2) is 24.7 Å². The standard InChI is InChI=1S/C13H20N6/c1-3-6-14-13(11-5-7-15-16-9-11)12-10-17-18-19(12)8-4-2/h5,7,9-10,13-14H,3-4,6,8H2,1-2H3. The van der Waals surface area contributed by atoms with Crippen LogP contribution in [0.25, 0.3) is 0 Å². The first-order valence-electron chi connectivity index (χ1n) is 6.75. The van der Waals surface area contributed by atoms with Crippen LogP contribution in [-0.2, 0) is 6.54 Å². The Balaban J connectivity index is 2.29. The summed E-state index contributed by atoms with van der Waals surface area (Å²) in [6, 6.07) is 2.04. The molecule has 1 unspecified atom stereocenters. The molecule has 0 bridgehead atoms. The summed E-state index contributed by atoms with van der Waals surface area (Å²) >= 11 is 0. The van der Waals surface area contributed by atoms with Crippen LogP contribution in [0.3, 0.4) is 0 Å². The number of hydrogen-bond donors (Lipinski definition) is 1. The van der Waals surface area contributed by atoms with E-state index in [0.29, 0.717) is 0 Å². The van der Waals surface area contributed by atoms with Crippen LogP contribution in [-0.4, -0.2) is 31.7 Å². The van der Waals surface area contributed by atoms with E-state index < -0.39 is 0 Å². The van der Waals surface area contributed by atoms with Gasteiger partial charge in [0, 0.05) is 12.7 Å². The summed E-state index contributed by atoms with van der Waals surface area (Å²) in [5, 5.41) is 19.5. The molecule has 2 rings (SSSR count). The van der Waals surface area contributed by atoms with Crippen LogP contribution in [0.2, 0.25) is 0 Å². The third-order valence-electron chi connectivity index (χ3n) is 2.92. The van der Waals surface area contributed by atoms with Crippen molar-refractivity contribution in [2.45, 2.75) is 39.3 Å². The largest absolute Gasteiger partial charge is 0.305 e. The normalized spacial score (nSPS) is 12.5. The first kappa shape index (κ1) is 13.6. The number of aryl methyl sites for hydroxylation is 1. The molecule has 2 aromatic heterocycles. The fourth-order valence-corrected chi connectivity index (χ4v) is 2.03. The van der Waals surface area contributed by atoms with Gasteiger partial charge in [0.25, 0.3) is 0 Å². The van der Waals surface area contributed by atoms with Gasteiger partial charge in [0.15, 0.2) is 0 Å². The van der Waals surface area contributed by atoms with Gasteiger partial charge in [-0.2, -0.15) is 10.2 Å². The summed E-state index contributed by atoms with van der Waals surface area (Å²) < 4.78 is 1.95. The minimum atomic E-state index is 0.0667. The molecular weight excluding hydrogens is 240 g/mol. The average Bonchev–Trinajstić information content (AvgIpc) is 2.89. The second-order valence-corrected chi connectivity index (χ2v) is 4.44. The zero-order valence-electron chi connectivity index (χ0n) is 11.5. The average molecular weight is 260 g/mol. The van der Waals surface area contributed by atoms with Gasteiger partial charge in [-0.15, -0.1) is 5.10 Å². The molecule has 0 saturated heterocycles. The van der Waals surface area contributed by atoms with Gasteiger partial charge in [-0.25, -0.2) is 4.68 Å². The van der Waals surface area contributed by atoms with Crippen molar-refractivity contribution in [3.8, 4) is 0 Å². The molecule has 0 saturated carbocycles. The Labute approximate surface area is 113 Å². The highest BCUT2D eigenvalue weighted by molar-refractivity contribution is 5.22. The summed E-state index contributed by atoms with van der Waals surface area (Å²) in [5.74, 6) is 0. The summed E-state index contributed by atoms with van der Waals surface area (Å²) in [5.41, 5.74) is 2.16. The molecule has 2 heterocycles. The molecule has 2 aromatic rings. The molecule has 0 fully saturated rings. The maximum Gasteiger partial charge on any atom is 0.0802 e. The maximum absolute atomic E-state index is 4.15. The third kappa shape index (κ3) is 3.35. The Kier molecular flexibility index (Phi) is 4.97. The SMILES string of the molecule is CCCNC(c1ccnnc1)c1cnnn1CCC. The van der Waals surface area contributed by atoms with E-state index in [0.717, 1.165) is 37.2 Å². The lowest BCUT2D eigenvalue weighted by molar-refractivity contribution is 0.503. The molecule has 0 amide bonds. The fourth-order valence-electron chi connectivity index (χ4n) is 2.03. The van der Waals surface area contributed by atoms with Crippen molar-refractivity contribution in [3.63, 3.8) is 0 Å². The van der Waals surface area contributed by atoms with E-state index in [1.165, 1.54) is 0 Å². The van der Waals surface area contributed by atoms with E-state index in [9.17, 15) is 0 Å². The van der Waals surface area contributed by atoms with Crippen LogP contribution in [0.4, 0.5) is 0 Å². The Morgan fingerprint density at radius 1 is 1.16 bits per heavy atom. The Bertz CT molecular complexity index is 481. The van der Waals surface area contributed by atoms with Crippen LogP contribution < -0.4 is 5.32 Å². The lowest BCUT2D eigenvalue weighted by atomic mass is 10.1. The lowest BCUT2D eigenvalue weighted by Gasteiger charge is -2.19. The second-order valence-electron chi connectivity index (χ2n) is 4.44. The van der Waals surface area contributed by atoms with Gasteiger partial charge in [0.1, 0.15) is 0 Å². The zero-order chi connectivity index (χ0) is 13.5. The van der Waals surface area contributed by atoms with Gasteiger partial charge in [0.2, 0.25) is 0 Å². The Hall–Kier alpha value is -1.82. The highest BCUT2D eigenvalue weighted by atomic mass is 15.4. The van der Waals surface area contributed by atoms with Gasteiger partial charge < -0.3 is 5.32 Å². The zero-order valence-corrected chi connectivity index (χ0v) is 11.5. The lowest BCUT2D eigenvalue weighted by Crippen LogP contribution is -2.26. The summed E-state index contributed by atoms with van der Waals surface area (Å²) in [4.78, 5) is 0. The van der Waals surface area contributed by atoms with Crippen molar-refractivity contribution in [2.75, 3.05) is 6.54 Å². The van der Waals surface area contributed by atoms with Crippen molar-refractivity contribution in [3.05, 3.63) is 35.9 Å². The topological polar surface area (TPSA) is 68.5 Å². The summed E-state index contributed by atoms with van der Waals surface area (Å²) in [7, 11) is 0. The van der Waals surface area contributed by atoms with E-state index in [1.807, 2.05) is 16.9 Å². The van der Waals surface area contributed by atoms with E-state index in [-0.39, 0.29) is 6.04 Å². The van der Waals surface area contributed by atoms with Crippen molar-refractivity contribution < 1.29 is 0 Å². The highest BCUT2D eigenvalue weighted by Crippen LogP contribution is 2.20. The molecule has 0 aliphatic heterocycles. The molecule has 0 radical (unpaired) electrons. The van der Waals surface area contributed by atoms with E-state index in [4.69, 9.17) is 0 Å². The predicted molar refractivity (Wildman–Crippen MR) is 72.5 cm³/mol. The summed E-state index contributed by atoms with van der Waals surface area (Å²) in [6.07, 6.45) is 7.43. The van der Waals surface area contributed by atoms with Crippen LogP contribution in [0.1, 0.15) is 44.0 Å². The molecule has 0 spiro atoms. The first-order valence-corrected chi connectivity index (χ1v) is 6.75. The third-order valence-corrected chi connectivity index (χ3v) is 2.92. The molecule has 1 N–H and O–H groups in total. The van der Waals surface area contributed by atoms with Crippen molar-refractivity contribution in [2.24, 2.45) is 0 Å². The number of hydrogen-bond acceptors (Lipinski definition) is 5. The molecule has 6 heteroatoms.